The summed E-state index contributed by atoms with van der Waals surface area (Å²) in [6.07, 6.45) is 53.4. The highest BCUT2D eigenvalue weighted by atomic mass is 14.9. The lowest BCUT2D eigenvalue weighted by Crippen LogP contribution is -2.42. The van der Waals surface area contributed by atoms with E-state index in [1.54, 1.807) is 5.57 Å². The predicted molar refractivity (Wildman–Crippen MR) is 248 cm³/mol. The van der Waals surface area contributed by atoms with Crippen LogP contribution in [0.1, 0.15) is 202 Å². The summed E-state index contributed by atoms with van der Waals surface area (Å²) in [5, 5.41) is 4.21. The van der Waals surface area contributed by atoms with Crippen molar-refractivity contribution < 1.29 is 0 Å². The number of fused-ring (bicyclic) bond motifs is 4. The molecule has 0 radical (unpaired) electrons. The molecule has 0 saturated heterocycles. The largest absolute Gasteiger partial charge is 0.307 e. The van der Waals surface area contributed by atoms with E-state index in [-0.39, 0.29) is 0 Å². The molecular weight excluding hydrogens is 687 g/mol. The first-order chi connectivity index (χ1) is 27.8. The fraction of sp³-hybridized carbons (Fsp3) is 0.821. The van der Waals surface area contributed by atoms with Crippen molar-refractivity contribution in [1.29, 1.82) is 0 Å². The lowest BCUT2D eigenvalue weighted by atomic mass is 9.55. The van der Waals surface area contributed by atoms with Crippen LogP contribution in [0, 0.1) is 76.4 Å². The van der Waals surface area contributed by atoms with Gasteiger partial charge in [0.1, 0.15) is 0 Å². The van der Waals surface area contributed by atoms with E-state index in [0.717, 1.165) is 71.6 Å². The summed E-state index contributed by atoms with van der Waals surface area (Å²) in [4.78, 5) is 0. The van der Waals surface area contributed by atoms with Gasteiger partial charge >= 0.3 is 0 Å². The molecule has 1 N–H and O–H groups in total. The van der Waals surface area contributed by atoms with Crippen LogP contribution in [0.4, 0.5) is 0 Å². The summed E-state index contributed by atoms with van der Waals surface area (Å²) in [6, 6.07) is 0.521. The molecule has 0 aromatic heterocycles. The summed E-state index contributed by atoms with van der Waals surface area (Å²) in [7, 11) is 0. The number of allylic oxidation sites excluding steroid dienone is 8. The van der Waals surface area contributed by atoms with E-state index in [4.69, 9.17) is 0 Å². The third-order valence-electron chi connectivity index (χ3n) is 18.8. The van der Waals surface area contributed by atoms with Crippen molar-refractivity contribution in [2.45, 2.75) is 208 Å². The molecule has 0 heterocycles. The van der Waals surface area contributed by atoms with Crippen molar-refractivity contribution in [1.82, 2.24) is 5.32 Å². The number of rotatable bonds is 18. The molecule has 14 atom stereocenters. The summed E-state index contributed by atoms with van der Waals surface area (Å²) >= 11 is 0. The van der Waals surface area contributed by atoms with E-state index in [9.17, 15) is 0 Å². The van der Waals surface area contributed by atoms with Gasteiger partial charge in [-0.05, 0) is 180 Å². The van der Waals surface area contributed by atoms with Crippen LogP contribution in [-0.2, 0) is 0 Å². The van der Waals surface area contributed by atoms with E-state index in [2.05, 4.69) is 89.4 Å². The monoisotopic (exact) mass is 778 g/mol. The van der Waals surface area contributed by atoms with Crippen LogP contribution in [0.25, 0.3) is 0 Å². The molecule has 0 spiro atoms. The average molecular weight is 778 g/mol. The first-order valence-corrected chi connectivity index (χ1v) is 26.0. The van der Waals surface area contributed by atoms with Crippen LogP contribution in [0.2, 0.25) is 0 Å². The molecule has 1 heteroatoms. The molecule has 0 bridgehead atoms. The van der Waals surface area contributed by atoms with Gasteiger partial charge in [-0.25, -0.2) is 0 Å². The highest BCUT2D eigenvalue weighted by Gasteiger charge is 2.45. The normalized spacial score (nSPS) is 36.7. The molecule has 57 heavy (non-hydrogen) atoms. The van der Waals surface area contributed by atoms with Crippen molar-refractivity contribution in [3.05, 3.63) is 59.3 Å². The molecule has 7 aliphatic carbocycles. The van der Waals surface area contributed by atoms with E-state index in [1.165, 1.54) is 161 Å². The molecule has 7 aliphatic rings. The van der Waals surface area contributed by atoms with Crippen LogP contribution in [0.3, 0.4) is 0 Å². The van der Waals surface area contributed by atoms with Gasteiger partial charge in [0, 0.05) is 24.4 Å². The Hall–Kier alpha value is -1.34. The Kier molecular flexibility index (Phi) is 16.1. The average Bonchev–Trinajstić information content (AvgIpc) is 3.26. The quantitative estimate of drug-likeness (QED) is 0.108. The lowest BCUT2D eigenvalue weighted by Gasteiger charge is -2.50. The molecule has 7 rings (SSSR count). The number of unbranched alkanes of at least 4 members (excludes halogenated alkanes) is 2. The SMILES string of the molecule is CCCCCC(CC)C(C)(CC)CC[C@H](C)C1CCC(C(C)C/C=C(\CNC2C=C[C@H]3CCC=CC3C2)C2CC3CCC=CC3C3=C2CCCC3)C2CCCCC21. The van der Waals surface area contributed by atoms with Crippen molar-refractivity contribution in [3.63, 3.8) is 0 Å². The highest BCUT2D eigenvalue weighted by molar-refractivity contribution is 5.36. The zero-order valence-corrected chi connectivity index (χ0v) is 38.4. The van der Waals surface area contributed by atoms with Gasteiger partial charge in [-0.2, -0.15) is 0 Å². The standard InChI is InChI=1S/C56H91N/c1-7-10-11-23-46(8-2)56(6,9-3)36-35-41(5)49-34-33-48(51-25-16-17-26-52(49)51)40(4)29-30-45(39-57-47-32-31-42-20-12-13-21-43(42)37-47)55-38-44-22-14-15-24-50(44)53-27-18-19-28-54(53)55/h13,15,21,24,30-32,40-44,46-52,55,57H,7-12,14,16-20,22-23,25-29,33-39H2,1-6H3/b45-30+/t40?,41-,42+,43?,44?,46?,47?,48?,49?,50?,51?,52?,55?,56?/m0/s1. The highest BCUT2D eigenvalue weighted by Crippen LogP contribution is 2.54. The van der Waals surface area contributed by atoms with E-state index < -0.39 is 0 Å². The lowest BCUT2D eigenvalue weighted by molar-refractivity contribution is -0.00236. The van der Waals surface area contributed by atoms with Gasteiger partial charge in [-0.1, -0.05) is 146 Å². The molecular formula is C56H91N. The van der Waals surface area contributed by atoms with Gasteiger partial charge in [0.15, 0.2) is 0 Å². The van der Waals surface area contributed by atoms with Crippen LogP contribution in [-0.4, -0.2) is 12.6 Å². The molecule has 0 aliphatic heterocycles. The maximum absolute atomic E-state index is 4.21. The van der Waals surface area contributed by atoms with Crippen LogP contribution in [0.5, 0.6) is 0 Å². The van der Waals surface area contributed by atoms with Gasteiger partial charge in [-0.3, -0.25) is 0 Å². The van der Waals surface area contributed by atoms with Crippen molar-refractivity contribution in [3.8, 4) is 0 Å². The Balaban J connectivity index is 1.04. The number of hydrogen-bond donors (Lipinski definition) is 1. The fourth-order valence-electron chi connectivity index (χ4n) is 15.0. The van der Waals surface area contributed by atoms with E-state index >= 15 is 0 Å². The Morgan fingerprint density at radius 1 is 0.754 bits per heavy atom. The van der Waals surface area contributed by atoms with Gasteiger partial charge in [0.05, 0.1) is 0 Å². The molecule has 2 saturated carbocycles. The smallest absolute Gasteiger partial charge is 0.0259 e. The van der Waals surface area contributed by atoms with Crippen LogP contribution < -0.4 is 5.32 Å². The third kappa shape index (κ3) is 10.4. The molecule has 2 fully saturated rings. The minimum Gasteiger partial charge on any atom is -0.307 e. The molecule has 0 aromatic rings. The second kappa shape index (κ2) is 21.0. The first kappa shape index (κ1) is 43.7. The maximum Gasteiger partial charge on any atom is 0.0259 e. The topological polar surface area (TPSA) is 12.0 Å². The summed E-state index contributed by atoms with van der Waals surface area (Å²) in [6.45, 7) is 16.5. The Bertz CT molecular complexity index is 1410. The maximum atomic E-state index is 4.21. The molecule has 1 nitrogen and oxygen atoms in total. The first-order valence-electron chi connectivity index (χ1n) is 26.0. The fourth-order valence-corrected chi connectivity index (χ4v) is 15.0. The zero-order chi connectivity index (χ0) is 39.8. The second-order valence-corrected chi connectivity index (χ2v) is 21.9. The second-order valence-electron chi connectivity index (χ2n) is 21.9. The van der Waals surface area contributed by atoms with E-state index in [1.807, 2.05) is 11.1 Å². The predicted octanol–water partition coefficient (Wildman–Crippen LogP) is 16.2. The number of nitrogens with one attached hydrogen (secondary N) is 1. The summed E-state index contributed by atoms with van der Waals surface area (Å²) < 4.78 is 0. The van der Waals surface area contributed by atoms with Gasteiger partial charge in [-0.15, -0.1) is 0 Å². The molecule has 12 unspecified atom stereocenters. The minimum atomic E-state index is 0.521. The van der Waals surface area contributed by atoms with E-state index in [0.29, 0.717) is 17.4 Å². The van der Waals surface area contributed by atoms with Crippen LogP contribution >= 0.6 is 0 Å². The van der Waals surface area contributed by atoms with Crippen molar-refractivity contribution in [2.24, 2.45) is 76.4 Å². The van der Waals surface area contributed by atoms with Gasteiger partial charge < -0.3 is 5.32 Å². The zero-order valence-electron chi connectivity index (χ0n) is 38.4. The third-order valence-corrected chi connectivity index (χ3v) is 18.8. The Morgan fingerprint density at radius 3 is 2.25 bits per heavy atom. The molecule has 0 aromatic carbocycles. The minimum absolute atomic E-state index is 0.521. The van der Waals surface area contributed by atoms with Crippen molar-refractivity contribution >= 4 is 0 Å². The Morgan fingerprint density at radius 2 is 1.49 bits per heavy atom. The van der Waals surface area contributed by atoms with Gasteiger partial charge in [0.2, 0.25) is 0 Å². The summed E-state index contributed by atoms with van der Waals surface area (Å²) in [5.74, 6) is 10.3. The van der Waals surface area contributed by atoms with Crippen molar-refractivity contribution in [2.75, 3.05) is 6.54 Å². The molecule has 0 amide bonds. The molecule has 320 valence electrons. The summed E-state index contributed by atoms with van der Waals surface area (Å²) in [5.41, 5.74) is 6.11. The van der Waals surface area contributed by atoms with Gasteiger partial charge in [0.25, 0.3) is 0 Å². The Labute approximate surface area is 354 Å². The van der Waals surface area contributed by atoms with Crippen LogP contribution in [0.15, 0.2) is 59.3 Å². The number of hydrogen-bond acceptors (Lipinski definition) is 1.